The maximum absolute atomic E-state index is 10.7. The zero-order chi connectivity index (χ0) is 14.9. The molecule has 0 N–H and O–H groups in total. The van der Waals surface area contributed by atoms with Crippen molar-refractivity contribution in [2.75, 3.05) is 0 Å². The van der Waals surface area contributed by atoms with E-state index in [2.05, 4.69) is 10.2 Å². The van der Waals surface area contributed by atoms with Gasteiger partial charge in [0, 0.05) is 11.6 Å². The maximum Gasteiger partial charge on any atom is 0.273 e. The molecule has 104 valence electrons. The molecule has 0 saturated heterocycles. The highest BCUT2D eigenvalue weighted by Crippen LogP contribution is 2.34. The summed E-state index contributed by atoms with van der Waals surface area (Å²) in [6, 6.07) is 3.91. The predicted molar refractivity (Wildman–Crippen MR) is 74.7 cm³/mol. The van der Waals surface area contributed by atoms with Crippen LogP contribution in [0.2, 0.25) is 10.2 Å². The van der Waals surface area contributed by atoms with Crippen molar-refractivity contribution < 1.29 is 9.66 Å². The van der Waals surface area contributed by atoms with Gasteiger partial charge in [-0.2, -0.15) is 0 Å². The Morgan fingerprint density at radius 2 is 1.90 bits per heavy atom. The number of benzene rings is 1. The highest BCUT2D eigenvalue weighted by molar-refractivity contribution is 6.32. The third kappa shape index (κ3) is 2.81. The quantitative estimate of drug-likeness (QED) is 0.629. The summed E-state index contributed by atoms with van der Waals surface area (Å²) in [5.74, 6) is 0.342. The van der Waals surface area contributed by atoms with Crippen LogP contribution >= 0.6 is 23.2 Å². The van der Waals surface area contributed by atoms with Gasteiger partial charge in [0.05, 0.1) is 16.0 Å². The van der Waals surface area contributed by atoms with Gasteiger partial charge in [-0.3, -0.25) is 10.1 Å². The lowest BCUT2D eigenvalue weighted by Crippen LogP contribution is -1.98. The van der Waals surface area contributed by atoms with E-state index in [0.717, 1.165) is 5.56 Å². The van der Waals surface area contributed by atoms with Crippen molar-refractivity contribution in [3.8, 4) is 11.6 Å². The number of hydrogen-bond donors (Lipinski definition) is 0. The molecule has 0 aliphatic rings. The summed E-state index contributed by atoms with van der Waals surface area (Å²) in [5, 5.41) is 18.8. The maximum atomic E-state index is 10.7. The lowest BCUT2D eigenvalue weighted by Gasteiger charge is -2.10. The molecule has 0 spiro atoms. The third-order valence-electron chi connectivity index (χ3n) is 2.75. The van der Waals surface area contributed by atoms with E-state index in [1.54, 1.807) is 13.8 Å². The Kier molecular flexibility index (Phi) is 4.06. The van der Waals surface area contributed by atoms with Crippen LogP contribution in [0.4, 0.5) is 5.69 Å². The normalized spacial score (nSPS) is 10.4. The molecule has 0 radical (unpaired) electrons. The van der Waals surface area contributed by atoms with Gasteiger partial charge in [0.15, 0.2) is 10.9 Å². The van der Waals surface area contributed by atoms with Crippen molar-refractivity contribution >= 4 is 28.9 Å². The number of nitrogens with zero attached hydrogens (tertiary/aromatic N) is 3. The largest absolute Gasteiger partial charge is 0.435 e. The Labute approximate surface area is 124 Å². The van der Waals surface area contributed by atoms with Gasteiger partial charge >= 0.3 is 0 Å². The lowest BCUT2D eigenvalue weighted by molar-refractivity contribution is -0.384. The minimum atomic E-state index is -0.533. The minimum Gasteiger partial charge on any atom is -0.435 e. The van der Waals surface area contributed by atoms with Gasteiger partial charge in [0.1, 0.15) is 0 Å². The number of aromatic nitrogens is 2. The molecular formula is C12H9Cl2N3O3. The lowest BCUT2D eigenvalue weighted by atomic mass is 10.2. The zero-order valence-corrected chi connectivity index (χ0v) is 12.1. The van der Waals surface area contributed by atoms with Crippen molar-refractivity contribution in [1.29, 1.82) is 0 Å². The van der Waals surface area contributed by atoms with Crippen molar-refractivity contribution in [2.24, 2.45) is 0 Å². The highest BCUT2D eigenvalue weighted by atomic mass is 35.5. The topological polar surface area (TPSA) is 78.2 Å². The average Bonchev–Trinajstić information content (AvgIpc) is 2.41. The summed E-state index contributed by atoms with van der Waals surface area (Å²) in [7, 11) is 0. The van der Waals surface area contributed by atoms with E-state index >= 15 is 0 Å². The van der Waals surface area contributed by atoms with E-state index in [0.29, 0.717) is 5.56 Å². The fourth-order valence-electron chi connectivity index (χ4n) is 1.44. The van der Waals surface area contributed by atoms with Crippen molar-refractivity contribution in [1.82, 2.24) is 10.2 Å². The van der Waals surface area contributed by atoms with E-state index in [4.69, 9.17) is 27.9 Å². The predicted octanol–water partition coefficient (Wildman–Crippen LogP) is 4.10. The molecular weight excluding hydrogens is 305 g/mol. The molecule has 20 heavy (non-hydrogen) atoms. The fourth-order valence-corrected chi connectivity index (χ4v) is 1.78. The van der Waals surface area contributed by atoms with Gasteiger partial charge < -0.3 is 4.74 Å². The Hall–Kier alpha value is -1.92. The van der Waals surface area contributed by atoms with E-state index in [-0.39, 0.29) is 27.5 Å². The number of nitro benzene ring substituents is 1. The second kappa shape index (κ2) is 5.60. The number of halogens is 2. The van der Waals surface area contributed by atoms with Crippen LogP contribution in [0.1, 0.15) is 11.1 Å². The van der Waals surface area contributed by atoms with Crippen LogP contribution in [0.15, 0.2) is 18.2 Å². The van der Waals surface area contributed by atoms with Crippen LogP contribution in [-0.2, 0) is 0 Å². The van der Waals surface area contributed by atoms with Gasteiger partial charge in [-0.15, -0.1) is 10.2 Å². The van der Waals surface area contributed by atoms with Gasteiger partial charge in [0.25, 0.3) is 5.69 Å². The second-order valence-electron chi connectivity index (χ2n) is 4.02. The zero-order valence-electron chi connectivity index (χ0n) is 10.6. The van der Waals surface area contributed by atoms with E-state index < -0.39 is 4.92 Å². The number of ether oxygens (including phenoxy) is 1. The first-order valence-corrected chi connectivity index (χ1v) is 6.27. The molecule has 0 atom stereocenters. The molecule has 0 unspecified atom stereocenters. The average molecular weight is 314 g/mol. The smallest absolute Gasteiger partial charge is 0.273 e. The van der Waals surface area contributed by atoms with Gasteiger partial charge in [-0.25, -0.2) is 0 Å². The fraction of sp³-hybridized carbons (Fsp3) is 0.167. The van der Waals surface area contributed by atoms with Crippen molar-refractivity contribution in [2.45, 2.75) is 13.8 Å². The molecule has 0 bridgehead atoms. The Morgan fingerprint density at radius 3 is 2.55 bits per heavy atom. The summed E-state index contributed by atoms with van der Waals surface area (Å²) < 4.78 is 5.50. The monoisotopic (exact) mass is 313 g/mol. The van der Waals surface area contributed by atoms with E-state index in [1.165, 1.54) is 18.2 Å². The van der Waals surface area contributed by atoms with Crippen molar-refractivity contribution in [3.05, 3.63) is 49.6 Å². The molecule has 8 heteroatoms. The minimum absolute atomic E-state index is 0.124. The first-order chi connectivity index (χ1) is 9.40. The van der Waals surface area contributed by atoms with Gasteiger partial charge in [-0.1, -0.05) is 23.2 Å². The standard InChI is InChI=1S/C12H9Cl2N3O3/c1-6-7(2)12(16-15-11(6)14)20-10-5-8(17(18)19)3-4-9(10)13/h3-5H,1-2H3. The van der Waals surface area contributed by atoms with Crippen LogP contribution in [0.3, 0.4) is 0 Å². The first kappa shape index (κ1) is 14.5. The van der Waals surface area contributed by atoms with Gasteiger partial charge in [0.2, 0.25) is 5.88 Å². The Balaban J connectivity index is 2.42. The first-order valence-electron chi connectivity index (χ1n) is 5.51. The van der Waals surface area contributed by atoms with Gasteiger partial charge in [-0.05, 0) is 25.5 Å². The van der Waals surface area contributed by atoms with Crippen molar-refractivity contribution in [3.63, 3.8) is 0 Å². The summed E-state index contributed by atoms with van der Waals surface area (Å²) >= 11 is 11.8. The highest BCUT2D eigenvalue weighted by Gasteiger charge is 2.15. The summed E-state index contributed by atoms with van der Waals surface area (Å²) in [5.41, 5.74) is 1.28. The summed E-state index contributed by atoms with van der Waals surface area (Å²) in [6.45, 7) is 3.53. The molecule has 1 aromatic heterocycles. The molecule has 0 fully saturated rings. The van der Waals surface area contributed by atoms with Crippen LogP contribution in [0.25, 0.3) is 0 Å². The Bertz CT molecular complexity index is 692. The molecule has 2 rings (SSSR count). The number of nitro groups is 1. The van der Waals surface area contributed by atoms with Crippen LogP contribution in [0.5, 0.6) is 11.6 Å². The molecule has 2 aromatic rings. The Morgan fingerprint density at radius 1 is 1.20 bits per heavy atom. The summed E-state index contributed by atoms with van der Waals surface area (Å²) in [4.78, 5) is 10.2. The molecule has 0 aliphatic carbocycles. The molecule has 0 aliphatic heterocycles. The van der Waals surface area contributed by atoms with Crippen LogP contribution < -0.4 is 4.74 Å². The van der Waals surface area contributed by atoms with Crippen LogP contribution in [0, 0.1) is 24.0 Å². The molecule has 0 saturated carbocycles. The number of hydrogen-bond acceptors (Lipinski definition) is 5. The van der Waals surface area contributed by atoms with E-state index in [1.807, 2.05) is 0 Å². The molecule has 1 aromatic carbocycles. The molecule has 1 heterocycles. The molecule has 0 amide bonds. The third-order valence-corrected chi connectivity index (χ3v) is 3.42. The van der Waals surface area contributed by atoms with Crippen LogP contribution in [-0.4, -0.2) is 15.1 Å². The summed E-state index contributed by atoms with van der Waals surface area (Å²) in [6.07, 6.45) is 0. The van der Waals surface area contributed by atoms with E-state index in [9.17, 15) is 10.1 Å². The number of rotatable bonds is 3. The SMILES string of the molecule is Cc1c(Cl)nnc(Oc2cc([N+](=O)[O-])ccc2Cl)c1C. The second-order valence-corrected chi connectivity index (χ2v) is 4.79. The molecule has 6 nitrogen and oxygen atoms in total. The number of non-ortho nitro benzene ring substituents is 1.